The van der Waals surface area contributed by atoms with E-state index in [-0.39, 0.29) is 5.41 Å². The zero-order valence-corrected chi connectivity index (χ0v) is 11.2. The summed E-state index contributed by atoms with van der Waals surface area (Å²) in [5, 5.41) is 2.97. The standard InChI is InChI=1S/C11H20N2O.C2H6/c1-9(2)13-7-4-11(5-8-13)3-6-12-10(11)14;1-2/h9H,3-8H2,1-2H3,(H,12,14);1-2H3. The third-order valence-corrected chi connectivity index (χ3v) is 3.86. The van der Waals surface area contributed by atoms with E-state index < -0.39 is 0 Å². The van der Waals surface area contributed by atoms with Gasteiger partial charge in [-0.3, -0.25) is 4.79 Å². The highest BCUT2D eigenvalue weighted by atomic mass is 16.2. The lowest BCUT2D eigenvalue weighted by molar-refractivity contribution is -0.130. The Morgan fingerprint density at radius 3 is 2.12 bits per heavy atom. The number of hydrogen-bond donors (Lipinski definition) is 1. The van der Waals surface area contributed by atoms with Gasteiger partial charge in [0.2, 0.25) is 5.91 Å². The van der Waals surface area contributed by atoms with Gasteiger partial charge in [-0.1, -0.05) is 13.8 Å². The molecule has 2 aliphatic rings. The van der Waals surface area contributed by atoms with Crippen LogP contribution in [0.5, 0.6) is 0 Å². The predicted molar refractivity (Wildman–Crippen MR) is 67.4 cm³/mol. The van der Waals surface area contributed by atoms with Crippen LogP contribution in [0, 0.1) is 5.41 Å². The summed E-state index contributed by atoms with van der Waals surface area (Å²) in [6.45, 7) is 11.5. The molecule has 3 heteroatoms. The Kier molecular flexibility index (Phi) is 4.78. The zero-order valence-electron chi connectivity index (χ0n) is 11.2. The average Bonchev–Trinajstić information content (AvgIpc) is 2.64. The van der Waals surface area contributed by atoms with E-state index in [1.165, 1.54) is 0 Å². The van der Waals surface area contributed by atoms with E-state index in [1.807, 2.05) is 13.8 Å². The number of amides is 1. The van der Waals surface area contributed by atoms with Gasteiger partial charge in [-0.15, -0.1) is 0 Å². The third-order valence-electron chi connectivity index (χ3n) is 3.86. The van der Waals surface area contributed by atoms with E-state index in [4.69, 9.17) is 0 Å². The van der Waals surface area contributed by atoms with Crippen molar-refractivity contribution in [1.29, 1.82) is 0 Å². The second-order valence-corrected chi connectivity index (χ2v) is 4.92. The second-order valence-electron chi connectivity index (χ2n) is 4.92. The molecule has 0 bridgehead atoms. The Labute approximate surface area is 99.6 Å². The van der Waals surface area contributed by atoms with E-state index in [2.05, 4.69) is 24.1 Å². The fraction of sp³-hybridized carbons (Fsp3) is 0.923. The van der Waals surface area contributed by atoms with Gasteiger partial charge in [-0.2, -0.15) is 0 Å². The number of likely N-dealkylation sites (tertiary alicyclic amines) is 1. The Morgan fingerprint density at radius 2 is 1.75 bits per heavy atom. The van der Waals surface area contributed by atoms with Gasteiger partial charge in [0.15, 0.2) is 0 Å². The summed E-state index contributed by atoms with van der Waals surface area (Å²) in [5.74, 6) is 0.306. The van der Waals surface area contributed by atoms with Crippen LogP contribution in [0.1, 0.15) is 47.0 Å². The van der Waals surface area contributed by atoms with Crippen LogP contribution < -0.4 is 5.32 Å². The Hall–Kier alpha value is -0.570. The average molecular weight is 226 g/mol. The maximum absolute atomic E-state index is 11.7. The Morgan fingerprint density at radius 1 is 1.19 bits per heavy atom. The molecule has 0 aromatic heterocycles. The molecule has 2 aliphatic heterocycles. The van der Waals surface area contributed by atoms with Crippen molar-refractivity contribution >= 4 is 5.91 Å². The van der Waals surface area contributed by atoms with Gasteiger partial charge in [0.25, 0.3) is 0 Å². The molecule has 0 aliphatic carbocycles. The SMILES string of the molecule is CC.CC(C)N1CCC2(CCNC2=O)CC1. The Bertz CT molecular complexity index is 230. The molecule has 0 aromatic rings. The van der Waals surface area contributed by atoms with Crippen LogP contribution in [0.4, 0.5) is 0 Å². The number of carbonyl (C=O) groups is 1. The minimum atomic E-state index is 0.00535. The lowest BCUT2D eigenvalue weighted by atomic mass is 9.77. The highest BCUT2D eigenvalue weighted by Crippen LogP contribution is 2.38. The molecule has 2 heterocycles. The van der Waals surface area contributed by atoms with Crippen molar-refractivity contribution in [2.75, 3.05) is 19.6 Å². The van der Waals surface area contributed by atoms with Crippen LogP contribution in [0.25, 0.3) is 0 Å². The molecule has 94 valence electrons. The first-order valence-electron chi connectivity index (χ1n) is 6.66. The second kappa shape index (κ2) is 5.67. The molecule has 1 N–H and O–H groups in total. The fourth-order valence-corrected chi connectivity index (χ4v) is 2.66. The number of nitrogens with one attached hydrogen (secondary N) is 1. The number of piperidine rings is 1. The van der Waals surface area contributed by atoms with Gasteiger partial charge in [0.1, 0.15) is 0 Å². The quantitative estimate of drug-likeness (QED) is 0.742. The van der Waals surface area contributed by atoms with E-state index in [0.29, 0.717) is 11.9 Å². The maximum Gasteiger partial charge on any atom is 0.226 e. The summed E-state index contributed by atoms with van der Waals surface area (Å²) >= 11 is 0. The molecule has 0 saturated carbocycles. The van der Waals surface area contributed by atoms with Crippen molar-refractivity contribution in [3.05, 3.63) is 0 Å². The summed E-state index contributed by atoms with van der Waals surface area (Å²) in [5.41, 5.74) is 0.00535. The Balaban J connectivity index is 0.000000606. The minimum Gasteiger partial charge on any atom is -0.356 e. The van der Waals surface area contributed by atoms with Crippen LogP contribution in [0.2, 0.25) is 0 Å². The number of hydrogen-bond acceptors (Lipinski definition) is 2. The molecule has 0 radical (unpaired) electrons. The van der Waals surface area contributed by atoms with Crippen molar-refractivity contribution in [3.8, 4) is 0 Å². The van der Waals surface area contributed by atoms with Crippen molar-refractivity contribution in [2.24, 2.45) is 5.41 Å². The minimum absolute atomic E-state index is 0.00535. The van der Waals surface area contributed by atoms with Crippen molar-refractivity contribution in [1.82, 2.24) is 10.2 Å². The molecule has 0 unspecified atom stereocenters. The summed E-state index contributed by atoms with van der Waals surface area (Å²) in [4.78, 5) is 14.2. The summed E-state index contributed by atoms with van der Waals surface area (Å²) in [6, 6.07) is 0.622. The number of carbonyl (C=O) groups excluding carboxylic acids is 1. The van der Waals surface area contributed by atoms with Gasteiger partial charge in [-0.25, -0.2) is 0 Å². The smallest absolute Gasteiger partial charge is 0.226 e. The highest BCUT2D eigenvalue weighted by molar-refractivity contribution is 5.84. The first-order chi connectivity index (χ1) is 7.64. The lowest BCUT2D eigenvalue weighted by Gasteiger charge is -2.39. The molecule has 1 spiro atoms. The monoisotopic (exact) mass is 226 g/mol. The van der Waals surface area contributed by atoms with Crippen molar-refractivity contribution < 1.29 is 4.79 Å². The number of rotatable bonds is 1. The molecule has 1 amide bonds. The van der Waals surface area contributed by atoms with Crippen molar-refractivity contribution in [3.63, 3.8) is 0 Å². The molecule has 2 saturated heterocycles. The van der Waals surface area contributed by atoms with Crippen LogP contribution in [-0.4, -0.2) is 36.5 Å². The molecule has 2 fully saturated rings. The van der Waals surface area contributed by atoms with Crippen LogP contribution in [-0.2, 0) is 4.79 Å². The largest absolute Gasteiger partial charge is 0.356 e. The molecule has 3 nitrogen and oxygen atoms in total. The molecule has 16 heavy (non-hydrogen) atoms. The van der Waals surface area contributed by atoms with Crippen molar-refractivity contribution in [2.45, 2.75) is 53.0 Å². The van der Waals surface area contributed by atoms with E-state index >= 15 is 0 Å². The maximum atomic E-state index is 11.7. The summed E-state index contributed by atoms with van der Waals surface area (Å²) < 4.78 is 0. The fourth-order valence-electron chi connectivity index (χ4n) is 2.66. The zero-order chi connectivity index (χ0) is 12.2. The molecule has 0 atom stereocenters. The predicted octanol–water partition coefficient (Wildman–Crippen LogP) is 2.02. The van der Waals surface area contributed by atoms with E-state index in [9.17, 15) is 4.79 Å². The van der Waals surface area contributed by atoms with Gasteiger partial charge >= 0.3 is 0 Å². The van der Waals surface area contributed by atoms with Crippen LogP contribution >= 0.6 is 0 Å². The van der Waals surface area contributed by atoms with Gasteiger partial charge < -0.3 is 10.2 Å². The van der Waals surface area contributed by atoms with Crippen LogP contribution in [0.15, 0.2) is 0 Å². The summed E-state index contributed by atoms with van der Waals surface area (Å²) in [7, 11) is 0. The molecular formula is C13H26N2O. The first kappa shape index (κ1) is 13.5. The van der Waals surface area contributed by atoms with E-state index in [1.54, 1.807) is 0 Å². The lowest BCUT2D eigenvalue weighted by Crippen LogP contribution is -2.46. The topological polar surface area (TPSA) is 32.3 Å². The first-order valence-corrected chi connectivity index (χ1v) is 6.66. The third kappa shape index (κ3) is 2.57. The molecule has 2 rings (SSSR count). The van der Waals surface area contributed by atoms with Gasteiger partial charge in [-0.05, 0) is 46.2 Å². The van der Waals surface area contributed by atoms with Gasteiger partial charge in [0.05, 0.1) is 5.41 Å². The summed E-state index contributed by atoms with van der Waals surface area (Å²) in [6.07, 6.45) is 3.16. The number of nitrogens with zero attached hydrogens (tertiary/aromatic N) is 1. The molecule has 0 aromatic carbocycles. The molecular weight excluding hydrogens is 200 g/mol. The normalized spacial score (nSPS) is 24.2. The van der Waals surface area contributed by atoms with E-state index in [0.717, 1.165) is 38.9 Å². The van der Waals surface area contributed by atoms with Gasteiger partial charge in [0, 0.05) is 12.6 Å². The highest BCUT2D eigenvalue weighted by Gasteiger charge is 2.44. The van der Waals surface area contributed by atoms with Crippen LogP contribution in [0.3, 0.4) is 0 Å².